The number of anilines is 1. The molecule has 1 amide bonds. The van der Waals surface area contributed by atoms with Gasteiger partial charge < -0.3 is 19.2 Å². The van der Waals surface area contributed by atoms with Gasteiger partial charge in [-0.2, -0.15) is 0 Å². The maximum atomic E-state index is 13.7. The third-order valence-electron chi connectivity index (χ3n) is 5.42. The van der Waals surface area contributed by atoms with Crippen molar-refractivity contribution < 1.29 is 28.2 Å². The van der Waals surface area contributed by atoms with Crippen LogP contribution in [0.15, 0.2) is 64.8 Å². The number of aromatic nitrogens is 2. The average molecular weight is 482 g/mol. The number of ketones is 1. The number of benzene rings is 2. The molecule has 1 unspecified atom stereocenters. The fraction of sp³-hybridized carbons (Fsp3) is 0.125. The summed E-state index contributed by atoms with van der Waals surface area (Å²) < 4.78 is 24.7. The highest BCUT2D eigenvalue weighted by Gasteiger charge is 2.49. The van der Waals surface area contributed by atoms with E-state index in [2.05, 4.69) is 9.97 Å². The number of halogens is 2. The fourth-order valence-corrected chi connectivity index (χ4v) is 4.09. The lowest BCUT2D eigenvalue weighted by Gasteiger charge is -2.20. The third kappa shape index (κ3) is 3.50. The summed E-state index contributed by atoms with van der Waals surface area (Å²) in [7, 11) is 0. The molecular formula is C24H17ClFN3O5. The van der Waals surface area contributed by atoms with Gasteiger partial charge in [-0.1, -0.05) is 11.6 Å². The Kier molecular flexibility index (Phi) is 5.33. The van der Waals surface area contributed by atoms with Gasteiger partial charge in [-0.25, -0.2) is 9.37 Å². The zero-order valence-corrected chi connectivity index (χ0v) is 18.5. The molecule has 8 nitrogen and oxygen atoms in total. The number of Topliss-reactive ketones (excluding diaryl/α,β-unsaturated/α-hetero) is 1. The molecule has 0 aliphatic carbocycles. The predicted molar refractivity (Wildman–Crippen MR) is 122 cm³/mol. The van der Waals surface area contributed by atoms with Crippen molar-refractivity contribution in [1.29, 1.82) is 0 Å². The van der Waals surface area contributed by atoms with E-state index >= 15 is 0 Å². The zero-order chi connectivity index (χ0) is 24.0. The number of fused-ring (bicyclic) bond motifs is 1. The highest BCUT2D eigenvalue weighted by molar-refractivity contribution is 6.51. The quantitative estimate of drug-likeness (QED) is 0.236. The van der Waals surface area contributed by atoms with E-state index < -0.39 is 29.3 Å². The van der Waals surface area contributed by atoms with E-state index in [0.29, 0.717) is 28.4 Å². The molecule has 2 aromatic carbocycles. The van der Waals surface area contributed by atoms with Crippen LogP contribution in [0.3, 0.4) is 0 Å². The van der Waals surface area contributed by atoms with Crippen LogP contribution in [-0.4, -0.2) is 33.4 Å². The van der Waals surface area contributed by atoms with E-state index in [-0.39, 0.29) is 22.8 Å². The lowest BCUT2D eigenvalue weighted by molar-refractivity contribution is -0.132. The Morgan fingerprint density at radius 1 is 1.26 bits per heavy atom. The van der Waals surface area contributed by atoms with Crippen LogP contribution in [0.2, 0.25) is 5.02 Å². The zero-order valence-electron chi connectivity index (χ0n) is 17.7. The molecule has 2 N–H and O–H groups in total. The monoisotopic (exact) mass is 481 g/mol. The first-order valence-corrected chi connectivity index (χ1v) is 10.7. The summed E-state index contributed by atoms with van der Waals surface area (Å²) in [5, 5.41) is 11.5. The maximum absolute atomic E-state index is 13.7. The Hall–Kier alpha value is -4.11. The first-order valence-electron chi connectivity index (χ1n) is 10.3. The molecule has 1 saturated heterocycles. The van der Waals surface area contributed by atoms with Crippen LogP contribution >= 0.6 is 11.6 Å². The summed E-state index contributed by atoms with van der Waals surface area (Å²) in [5.41, 5.74) is 0.773. The summed E-state index contributed by atoms with van der Waals surface area (Å²) in [6.07, 6.45) is 1.39. The lowest BCUT2D eigenvalue weighted by atomic mass is 9.99. The number of aromatic amines is 1. The molecule has 1 fully saturated rings. The number of carbonyl (C=O) groups excluding carboxylic acids is 2. The van der Waals surface area contributed by atoms with Crippen LogP contribution in [0.1, 0.15) is 24.3 Å². The summed E-state index contributed by atoms with van der Waals surface area (Å²) in [4.78, 5) is 34.6. The minimum absolute atomic E-state index is 0.00858. The number of amides is 1. The van der Waals surface area contributed by atoms with E-state index in [1.54, 1.807) is 19.1 Å². The van der Waals surface area contributed by atoms with Crippen molar-refractivity contribution >= 4 is 46.0 Å². The topological polar surface area (TPSA) is 109 Å². The number of ether oxygens (including phenoxy) is 1. The van der Waals surface area contributed by atoms with Crippen LogP contribution in [-0.2, 0) is 9.59 Å². The number of furan rings is 1. The predicted octanol–water partition coefficient (Wildman–Crippen LogP) is 4.97. The van der Waals surface area contributed by atoms with Gasteiger partial charge in [-0.05, 0) is 55.5 Å². The maximum Gasteiger partial charge on any atom is 0.302 e. The lowest BCUT2D eigenvalue weighted by Crippen LogP contribution is -2.30. The van der Waals surface area contributed by atoms with Gasteiger partial charge in [-0.3, -0.25) is 14.5 Å². The van der Waals surface area contributed by atoms with Crippen molar-refractivity contribution in [2.75, 3.05) is 11.5 Å². The second-order valence-electron chi connectivity index (χ2n) is 7.48. The minimum Gasteiger partial charge on any atom is -0.507 e. The number of carbonyl (C=O) groups is 2. The van der Waals surface area contributed by atoms with E-state index in [1.807, 2.05) is 0 Å². The van der Waals surface area contributed by atoms with Crippen molar-refractivity contribution in [3.05, 3.63) is 82.5 Å². The second-order valence-corrected chi connectivity index (χ2v) is 7.89. The number of hydrogen-bond donors (Lipinski definition) is 2. The van der Waals surface area contributed by atoms with Gasteiger partial charge in [0.1, 0.15) is 29.1 Å². The van der Waals surface area contributed by atoms with Crippen LogP contribution in [0.25, 0.3) is 16.8 Å². The number of nitrogens with zero attached hydrogens (tertiary/aromatic N) is 2. The largest absolute Gasteiger partial charge is 0.507 e. The number of rotatable bonds is 5. The molecule has 172 valence electrons. The molecule has 0 radical (unpaired) electrons. The normalized spacial score (nSPS) is 17.6. The number of aliphatic hydroxyl groups is 1. The van der Waals surface area contributed by atoms with Gasteiger partial charge in [0.15, 0.2) is 0 Å². The molecule has 4 aromatic rings. The minimum atomic E-state index is -1.12. The molecule has 2 aromatic heterocycles. The smallest absolute Gasteiger partial charge is 0.302 e. The van der Waals surface area contributed by atoms with Crippen LogP contribution in [0.4, 0.5) is 10.3 Å². The molecule has 0 saturated carbocycles. The van der Waals surface area contributed by atoms with E-state index in [4.69, 9.17) is 20.8 Å². The average Bonchev–Trinajstić information content (AvgIpc) is 3.53. The molecule has 0 spiro atoms. The number of hydrogen-bond acceptors (Lipinski definition) is 6. The highest BCUT2D eigenvalue weighted by Crippen LogP contribution is 2.42. The summed E-state index contributed by atoms with van der Waals surface area (Å²) in [6, 6.07) is 10.5. The van der Waals surface area contributed by atoms with Gasteiger partial charge in [-0.15, -0.1) is 0 Å². The summed E-state index contributed by atoms with van der Waals surface area (Å²) in [6.45, 7) is 2.12. The Balaban J connectivity index is 1.69. The Morgan fingerprint density at radius 3 is 2.82 bits per heavy atom. The van der Waals surface area contributed by atoms with Gasteiger partial charge >= 0.3 is 5.91 Å². The Labute approximate surface area is 197 Å². The molecule has 1 aliphatic heterocycles. The number of H-pyrrole nitrogens is 1. The van der Waals surface area contributed by atoms with E-state index in [0.717, 1.165) is 4.90 Å². The first-order chi connectivity index (χ1) is 16.4. The first kappa shape index (κ1) is 21.7. The number of aliphatic hydroxyl groups excluding tert-OH is 1. The van der Waals surface area contributed by atoms with Crippen molar-refractivity contribution in [1.82, 2.24) is 9.97 Å². The fourth-order valence-electron chi connectivity index (χ4n) is 3.92. The van der Waals surface area contributed by atoms with Crippen molar-refractivity contribution in [2.45, 2.75) is 13.0 Å². The summed E-state index contributed by atoms with van der Waals surface area (Å²) >= 11 is 6.15. The van der Waals surface area contributed by atoms with Crippen molar-refractivity contribution in [2.24, 2.45) is 0 Å². The molecule has 34 heavy (non-hydrogen) atoms. The molecule has 0 bridgehead atoms. The van der Waals surface area contributed by atoms with Gasteiger partial charge in [0, 0.05) is 5.56 Å². The van der Waals surface area contributed by atoms with Gasteiger partial charge in [0.25, 0.3) is 5.78 Å². The molecule has 1 aliphatic rings. The Bertz CT molecular complexity index is 1460. The second kappa shape index (κ2) is 8.35. The Morgan fingerprint density at radius 2 is 2.09 bits per heavy atom. The van der Waals surface area contributed by atoms with E-state index in [1.165, 1.54) is 42.7 Å². The van der Waals surface area contributed by atoms with Crippen LogP contribution in [0.5, 0.6) is 5.75 Å². The number of nitrogens with one attached hydrogen (secondary N) is 1. The van der Waals surface area contributed by atoms with Crippen LogP contribution in [0, 0.1) is 5.82 Å². The molecule has 1 atom stereocenters. The number of imidazole rings is 1. The van der Waals surface area contributed by atoms with E-state index in [9.17, 15) is 19.1 Å². The molecule has 3 heterocycles. The highest BCUT2D eigenvalue weighted by atomic mass is 35.5. The molecule has 10 heteroatoms. The van der Waals surface area contributed by atoms with Crippen LogP contribution < -0.4 is 9.64 Å². The standard InChI is InChI=1S/C24H17ClFN3O5/c1-2-33-18-10-12(5-7-14(18)25)21(30)19-20(17-4-3-9-34-17)29(23(32)22(19)31)24-27-15-8-6-13(26)11-16(15)28-24/h3-11,20,30H,2H2,1H3,(H,27,28)/b21-19+. The summed E-state index contributed by atoms with van der Waals surface area (Å²) in [5.74, 6) is -2.22. The van der Waals surface area contributed by atoms with Gasteiger partial charge in [0.05, 0.1) is 34.5 Å². The third-order valence-corrected chi connectivity index (χ3v) is 5.73. The molecule has 5 rings (SSSR count). The van der Waals surface area contributed by atoms with Crippen molar-refractivity contribution in [3.63, 3.8) is 0 Å². The molecular weight excluding hydrogens is 465 g/mol. The van der Waals surface area contributed by atoms with Gasteiger partial charge in [0.2, 0.25) is 5.95 Å². The SMILES string of the molecule is CCOc1cc(/C(O)=C2\C(=O)C(=O)N(c3nc4ccc(F)cc4[nH]3)C2c2ccco2)ccc1Cl. The van der Waals surface area contributed by atoms with Crippen molar-refractivity contribution in [3.8, 4) is 5.75 Å².